The van der Waals surface area contributed by atoms with Crippen molar-refractivity contribution in [2.75, 3.05) is 0 Å². The maximum Gasteiger partial charge on any atom is 0.309 e. The molecule has 0 saturated carbocycles. The van der Waals surface area contributed by atoms with Gasteiger partial charge in [-0.1, -0.05) is 12.1 Å². The number of hydrogen-bond acceptors (Lipinski definition) is 3. The van der Waals surface area contributed by atoms with Gasteiger partial charge in [0.1, 0.15) is 17.2 Å². The van der Waals surface area contributed by atoms with Crippen LogP contribution in [0.4, 0.5) is 4.39 Å². The first kappa shape index (κ1) is 12.9. The molecule has 0 unspecified atom stereocenters. The molecule has 98 valence electrons. The zero-order valence-corrected chi connectivity index (χ0v) is 10.1. The molecule has 1 N–H and O–H groups in total. The minimum Gasteiger partial charge on any atom is -0.481 e. The first-order valence-electron chi connectivity index (χ1n) is 5.55. The van der Waals surface area contributed by atoms with Crippen molar-refractivity contribution in [3.05, 3.63) is 57.8 Å². The molecule has 1 aromatic heterocycles. The molecular weight excluding hydrogens is 251 g/mol. The van der Waals surface area contributed by atoms with E-state index in [1.54, 1.807) is 13.0 Å². The Bertz CT molecular complexity index is 695. The fraction of sp³-hybridized carbons (Fsp3) is 0.154. The van der Waals surface area contributed by atoms with Gasteiger partial charge in [-0.25, -0.2) is 9.07 Å². The summed E-state index contributed by atoms with van der Waals surface area (Å²) in [4.78, 5) is 22.3. The minimum atomic E-state index is -1.16. The first-order valence-corrected chi connectivity index (χ1v) is 5.55. The van der Waals surface area contributed by atoms with E-state index in [2.05, 4.69) is 5.10 Å². The normalized spacial score (nSPS) is 10.4. The van der Waals surface area contributed by atoms with Gasteiger partial charge in [-0.05, 0) is 19.1 Å². The number of aryl methyl sites for hydroxylation is 1. The number of hydrogen-bond donors (Lipinski definition) is 1. The van der Waals surface area contributed by atoms with E-state index in [4.69, 9.17) is 5.11 Å². The van der Waals surface area contributed by atoms with E-state index in [0.29, 0.717) is 5.69 Å². The van der Waals surface area contributed by atoms with Crippen molar-refractivity contribution in [2.24, 2.45) is 0 Å². The maximum atomic E-state index is 13.7. The molecule has 0 fully saturated rings. The average molecular weight is 262 g/mol. The first-order chi connectivity index (χ1) is 8.99. The topological polar surface area (TPSA) is 72.2 Å². The second kappa shape index (κ2) is 5.01. The van der Waals surface area contributed by atoms with E-state index >= 15 is 0 Å². The van der Waals surface area contributed by atoms with Gasteiger partial charge in [-0.15, -0.1) is 0 Å². The Hall–Kier alpha value is -2.50. The van der Waals surface area contributed by atoms with E-state index in [0.717, 1.165) is 0 Å². The van der Waals surface area contributed by atoms with Crippen molar-refractivity contribution in [3.63, 3.8) is 0 Å². The number of aliphatic carboxylic acids is 1. The van der Waals surface area contributed by atoms with Crippen LogP contribution in [0, 0.1) is 12.7 Å². The third-order valence-corrected chi connectivity index (χ3v) is 2.58. The molecular formula is C13H11FN2O3. The van der Waals surface area contributed by atoms with Gasteiger partial charge in [-0.2, -0.15) is 5.10 Å². The molecule has 1 aromatic carbocycles. The van der Waals surface area contributed by atoms with Crippen molar-refractivity contribution in [3.8, 4) is 5.69 Å². The predicted octanol–water partition coefficient (Wildman–Crippen LogP) is 1.31. The molecule has 0 aliphatic heterocycles. The Kier molecular flexibility index (Phi) is 3.41. The van der Waals surface area contributed by atoms with E-state index in [9.17, 15) is 14.0 Å². The van der Waals surface area contributed by atoms with Crippen LogP contribution in [0.1, 0.15) is 11.4 Å². The van der Waals surface area contributed by atoms with Gasteiger partial charge in [0.25, 0.3) is 0 Å². The molecule has 0 radical (unpaired) electrons. The summed E-state index contributed by atoms with van der Waals surface area (Å²) in [7, 11) is 0. The third-order valence-electron chi connectivity index (χ3n) is 2.58. The van der Waals surface area contributed by atoms with Crippen LogP contribution in [0.5, 0.6) is 0 Å². The number of aromatic nitrogens is 2. The molecule has 0 aliphatic rings. The van der Waals surface area contributed by atoms with Gasteiger partial charge in [0.2, 0.25) is 5.43 Å². The lowest BCUT2D eigenvalue weighted by Gasteiger charge is -2.11. The Morgan fingerprint density at radius 2 is 2.11 bits per heavy atom. The van der Waals surface area contributed by atoms with Gasteiger partial charge >= 0.3 is 5.97 Å². The number of halogens is 1. The number of carboxylic acid groups (broad SMARTS) is 1. The SMILES string of the molecule is Cc1cc(=O)c(CC(=O)O)nn1-c1ccccc1F. The number of nitrogens with zero attached hydrogens (tertiary/aromatic N) is 2. The highest BCUT2D eigenvalue weighted by Crippen LogP contribution is 2.13. The van der Waals surface area contributed by atoms with Gasteiger partial charge in [0.15, 0.2) is 0 Å². The Labute approximate surface area is 107 Å². The van der Waals surface area contributed by atoms with Crippen molar-refractivity contribution in [1.82, 2.24) is 9.78 Å². The number of para-hydroxylation sites is 1. The minimum absolute atomic E-state index is 0.124. The van der Waals surface area contributed by atoms with Crippen LogP contribution in [0.25, 0.3) is 5.69 Å². The van der Waals surface area contributed by atoms with Crippen molar-refractivity contribution in [1.29, 1.82) is 0 Å². The number of carboxylic acids is 1. The summed E-state index contributed by atoms with van der Waals surface area (Å²) in [6, 6.07) is 7.19. The zero-order chi connectivity index (χ0) is 14.0. The molecule has 0 amide bonds. The van der Waals surface area contributed by atoms with Crippen LogP contribution < -0.4 is 5.43 Å². The van der Waals surface area contributed by atoms with E-state index in [-0.39, 0.29) is 11.4 Å². The summed E-state index contributed by atoms with van der Waals surface area (Å²) in [6.45, 7) is 1.60. The highest BCUT2D eigenvalue weighted by Gasteiger charge is 2.12. The maximum absolute atomic E-state index is 13.7. The van der Waals surface area contributed by atoms with E-state index in [1.165, 1.54) is 28.9 Å². The fourth-order valence-electron chi connectivity index (χ4n) is 1.72. The van der Waals surface area contributed by atoms with Crippen LogP contribution in [-0.2, 0) is 11.2 Å². The Morgan fingerprint density at radius 3 is 2.74 bits per heavy atom. The molecule has 0 spiro atoms. The second-order valence-electron chi connectivity index (χ2n) is 4.03. The molecule has 0 atom stereocenters. The van der Waals surface area contributed by atoms with Gasteiger partial charge in [0.05, 0.1) is 6.42 Å². The Morgan fingerprint density at radius 1 is 1.42 bits per heavy atom. The van der Waals surface area contributed by atoms with Crippen molar-refractivity contribution >= 4 is 5.97 Å². The van der Waals surface area contributed by atoms with E-state index in [1.807, 2.05) is 0 Å². The largest absolute Gasteiger partial charge is 0.481 e. The number of benzene rings is 1. The quantitative estimate of drug-likeness (QED) is 0.905. The average Bonchev–Trinajstić information content (AvgIpc) is 2.33. The molecule has 19 heavy (non-hydrogen) atoms. The third kappa shape index (κ3) is 2.67. The number of carbonyl (C=O) groups is 1. The van der Waals surface area contributed by atoms with Crippen LogP contribution >= 0.6 is 0 Å². The fourth-order valence-corrected chi connectivity index (χ4v) is 1.72. The molecule has 5 nitrogen and oxygen atoms in total. The molecule has 2 aromatic rings. The van der Waals surface area contributed by atoms with Crippen molar-refractivity contribution in [2.45, 2.75) is 13.3 Å². The van der Waals surface area contributed by atoms with Crippen molar-refractivity contribution < 1.29 is 14.3 Å². The van der Waals surface area contributed by atoms with E-state index < -0.39 is 23.6 Å². The van der Waals surface area contributed by atoms with Crippen LogP contribution in [-0.4, -0.2) is 20.9 Å². The summed E-state index contributed by atoms with van der Waals surface area (Å²) in [5.41, 5.74) is 0.0183. The molecule has 1 heterocycles. The summed E-state index contributed by atoms with van der Waals surface area (Å²) in [5.74, 6) is -1.66. The highest BCUT2D eigenvalue weighted by molar-refractivity contribution is 5.69. The van der Waals surface area contributed by atoms with Crippen LogP contribution in [0.15, 0.2) is 35.1 Å². The molecule has 0 saturated heterocycles. The lowest BCUT2D eigenvalue weighted by atomic mass is 10.2. The molecule has 0 aliphatic carbocycles. The molecule has 0 bridgehead atoms. The van der Waals surface area contributed by atoms with Crippen LogP contribution in [0.2, 0.25) is 0 Å². The zero-order valence-electron chi connectivity index (χ0n) is 10.1. The molecule has 6 heteroatoms. The molecule has 2 rings (SSSR count). The summed E-state index contributed by atoms with van der Waals surface area (Å²) in [5, 5.41) is 12.6. The summed E-state index contributed by atoms with van der Waals surface area (Å²) >= 11 is 0. The van der Waals surface area contributed by atoms with Gasteiger partial charge in [-0.3, -0.25) is 9.59 Å². The highest BCUT2D eigenvalue weighted by atomic mass is 19.1. The smallest absolute Gasteiger partial charge is 0.309 e. The number of rotatable bonds is 3. The predicted molar refractivity (Wildman–Crippen MR) is 65.9 cm³/mol. The second-order valence-corrected chi connectivity index (χ2v) is 4.03. The van der Waals surface area contributed by atoms with Gasteiger partial charge in [0, 0.05) is 11.8 Å². The lowest BCUT2D eigenvalue weighted by Crippen LogP contribution is -2.21. The van der Waals surface area contributed by atoms with Gasteiger partial charge < -0.3 is 5.11 Å². The summed E-state index contributed by atoms with van der Waals surface area (Å²) in [6.07, 6.45) is -0.492. The standard InChI is InChI=1S/C13H11FN2O3/c1-8-6-12(17)10(7-13(18)19)15-16(8)11-5-3-2-4-9(11)14/h2-6H,7H2,1H3,(H,18,19). The van der Waals surface area contributed by atoms with Crippen LogP contribution in [0.3, 0.4) is 0 Å². The summed E-state index contributed by atoms with van der Waals surface area (Å²) < 4.78 is 14.9. The monoisotopic (exact) mass is 262 g/mol. The lowest BCUT2D eigenvalue weighted by molar-refractivity contribution is -0.136. The Balaban J connectivity index is 2.61.